The molecule has 0 radical (unpaired) electrons. The Balaban J connectivity index is 1.95. The maximum Gasteiger partial charge on any atom is 0.312 e. The van der Waals surface area contributed by atoms with Gasteiger partial charge in [-0.25, -0.2) is 13.4 Å². The number of nitrogens with zero attached hydrogens (tertiary/aromatic N) is 4. The Bertz CT molecular complexity index is 1120. The molecule has 28 heavy (non-hydrogen) atoms. The number of aliphatic carboxylic acids is 1. The van der Waals surface area contributed by atoms with E-state index in [4.69, 9.17) is 9.52 Å². The van der Waals surface area contributed by atoms with E-state index in [1.807, 2.05) is 0 Å². The van der Waals surface area contributed by atoms with Crippen LogP contribution in [0, 0.1) is 6.92 Å². The van der Waals surface area contributed by atoms with Gasteiger partial charge in [-0.05, 0) is 32.9 Å². The summed E-state index contributed by atoms with van der Waals surface area (Å²) < 4.78 is 29.8. The molecule has 3 rings (SSSR count). The Hall–Kier alpha value is -3.14. The molecule has 10 heteroatoms. The van der Waals surface area contributed by atoms with Crippen molar-refractivity contribution in [3.8, 4) is 22.8 Å². The number of sulfone groups is 1. The fourth-order valence-corrected chi connectivity index (χ4v) is 3.49. The van der Waals surface area contributed by atoms with Crippen LogP contribution >= 0.6 is 0 Å². The quantitative estimate of drug-likeness (QED) is 0.658. The maximum absolute atomic E-state index is 12.2. The zero-order valence-electron chi connectivity index (χ0n) is 15.4. The molecule has 3 aromatic rings. The number of hydrogen-bond acceptors (Lipinski definition) is 8. The highest BCUT2D eigenvalue weighted by Crippen LogP contribution is 2.25. The Labute approximate surface area is 161 Å². The highest BCUT2D eigenvalue weighted by Gasteiger charge is 2.20. The van der Waals surface area contributed by atoms with Crippen molar-refractivity contribution < 1.29 is 22.7 Å². The molecule has 0 aliphatic carbocycles. The first kappa shape index (κ1) is 19.6. The molecule has 2 heterocycles. The first-order valence-electron chi connectivity index (χ1n) is 8.41. The van der Waals surface area contributed by atoms with E-state index >= 15 is 0 Å². The summed E-state index contributed by atoms with van der Waals surface area (Å²) in [4.78, 5) is 19.8. The van der Waals surface area contributed by atoms with Crippen LogP contribution in [0.4, 0.5) is 0 Å². The maximum atomic E-state index is 12.2. The number of rotatable bonds is 6. The molecule has 0 atom stereocenters. The lowest BCUT2D eigenvalue weighted by molar-refractivity contribution is -0.136. The molecule has 0 amide bonds. The monoisotopic (exact) mass is 402 g/mol. The van der Waals surface area contributed by atoms with Gasteiger partial charge in [0.15, 0.2) is 9.84 Å². The Kier molecular flexibility index (Phi) is 5.23. The molecule has 0 saturated carbocycles. The minimum absolute atomic E-state index is 0.0302. The SMILES string of the molecule is Cc1ncc(-c2ccc(S(=O)(=O)C(C)C)cc2)nc1-c1nnc(CC(=O)O)o1. The summed E-state index contributed by atoms with van der Waals surface area (Å²) in [5, 5.41) is 15.8. The van der Waals surface area contributed by atoms with E-state index in [2.05, 4.69) is 20.2 Å². The molecule has 9 nitrogen and oxygen atoms in total. The summed E-state index contributed by atoms with van der Waals surface area (Å²) >= 11 is 0. The summed E-state index contributed by atoms with van der Waals surface area (Å²) in [5.74, 6) is -1.04. The van der Waals surface area contributed by atoms with Crippen LogP contribution in [-0.4, -0.2) is 44.9 Å². The van der Waals surface area contributed by atoms with Crippen molar-refractivity contribution in [2.75, 3.05) is 0 Å². The van der Waals surface area contributed by atoms with E-state index in [0.29, 0.717) is 22.6 Å². The lowest BCUT2D eigenvalue weighted by Gasteiger charge is -2.09. The Morgan fingerprint density at radius 2 is 1.86 bits per heavy atom. The Morgan fingerprint density at radius 1 is 1.18 bits per heavy atom. The largest absolute Gasteiger partial charge is 0.481 e. The number of carboxylic acids is 1. The van der Waals surface area contributed by atoms with Crippen molar-refractivity contribution in [1.82, 2.24) is 20.2 Å². The third kappa shape index (κ3) is 3.91. The van der Waals surface area contributed by atoms with E-state index < -0.39 is 21.1 Å². The van der Waals surface area contributed by atoms with Gasteiger partial charge >= 0.3 is 5.97 Å². The smallest absolute Gasteiger partial charge is 0.312 e. The molecule has 1 N–H and O–H groups in total. The number of carbonyl (C=O) groups is 1. The highest BCUT2D eigenvalue weighted by atomic mass is 32.2. The molecule has 0 aliphatic rings. The van der Waals surface area contributed by atoms with Gasteiger partial charge in [0.1, 0.15) is 12.1 Å². The fraction of sp³-hybridized carbons (Fsp3) is 0.278. The van der Waals surface area contributed by atoms with E-state index in [-0.39, 0.29) is 23.1 Å². The van der Waals surface area contributed by atoms with Gasteiger partial charge in [0.05, 0.1) is 27.7 Å². The van der Waals surface area contributed by atoms with Crippen molar-refractivity contribution >= 4 is 15.8 Å². The van der Waals surface area contributed by atoms with Gasteiger partial charge < -0.3 is 9.52 Å². The molecule has 2 aromatic heterocycles. The second-order valence-electron chi connectivity index (χ2n) is 6.38. The summed E-state index contributed by atoms with van der Waals surface area (Å²) in [6.45, 7) is 4.97. The molecule has 0 saturated heterocycles. The predicted octanol–water partition coefficient (Wildman–Crippen LogP) is 2.31. The average Bonchev–Trinajstić information content (AvgIpc) is 3.09. The first-order chi connectivity index (χ1) is 13.2. The van der Waals surface area contributed by atoms with Gasteiger partial charge in [0, 0.05) is 5.56 Å². The van der Waals surface area contributed by atoms with E-state index in [1.54, 1.807) is 39.1 Å². The van der Waals surface area contributed by atoms with Crippen LogP contribution < -0.4 is 0 Å². The van der Waals surface area contributed by atoms with E-state index in [9.17, 15) is 13.2 Å². The minimum atomic E-state index is -3.36. The van der Waals surface area contributed by atoms with Crippen LogP contribution in [0.1, 0.15) is 25.4 Å². The number of aryl methyl sites for hydroxylation is 1. The van der Waals surface area contributed by atoms with E-state index in [0.717, 1.165) is 0 Å². The standard InChI is InChI=1S/C18H18N4O5S/c1-10(2)28(25,26)13-6-4-12(5-7-13)14-9-19-11(3)17(20-14)18-22-21-15(27-18)8-16(23)24/h4-7,9-10H,8H2,1-3H3,(H,23,24). The predicted molar refractivity (Wildman–Crippen MR) is 99.2 cm³/mol. The molecule has 1 aromatic carbocycles. The van der Waals surface area contributed by atoms with Gasteiger partial charge in [-0.15, -0.1) is 10.2 Å². The molecular weight excluding hydrogens is 384 g/mol. The topological polar surface area (TPSA) is 136 Å². The normalized spacial score (nSPS) is 11.7. The first-order valence-corrected chi connectivity index (χ1v) is 9.95. The molecule has 146 valence electrons. The second-order valence-corrected chi connectivity index (χ2v) is 8.88. The zero-order chi connectivity index (χ0) is 20.5. The van der Waals surface area contributed by atoms with Crippen molar-refractivity contribution in [1.29, 1.82) is 0 Å². The van der Waals surface area contributed by atoms with Crippen molar-refractivity contribution in [2.24, 2.45) is 0 Å². The van der Waals surface area contributed by atoms with Gasteiger partial charge in [-0.1, -0.05) is 12.1 Å². The van der Waals surface area contributed by atoms with Crippen molar-refractivity contribution in [3.05, 3.63) is 42.0 Å². The van der Waals surface area contributed by atoms with Gasteiger partial charge in [-0.3, -0.25) is 9.78 Å². The van der Waals surface area contributed by atoms with Gasteiger partial charge in [-0.2, -0.15) is 0 Å². The van der Waals surface area contributed by atoms with Crippen LogP contribution in [0.2, 0.25) is 0 Å². The van der Waals surface area contributed by atoms with Crippen LogP contribution in [0.15, 0.2) is 39.8 Å². The zero-order valence-corrected chi connectivity index (χ0v) is 16.3. The third-order valence-electron chi connectivity index (χ3n) is 4.03. The lowest BCUT2D eigenvalue weighted by atomic mass is 10.1. The number of carboxylic acid groups (broad SMARTS) is 1. The van der Waals surface area contributed by atoms with E-state index in [1.165, 1.54) is 12.1 Å². The molecule has 0 unspecified atom stereocenters. The number of hydrogen-bond donors (Lipinski definition) is 1. The van der Waals surface area contributed by atoms with Crippen LogP contribution in [0.5, 0.6) is 0 Å². The summed E-state index contributed by atoms with van der Waals surface area (Å²) in [6, 6.07) is 6.37. The Morgan fingerprint density at radius 3 is 2.46 bits per heavy atom. The molecule has 0 fully saturated rings. The third-order valence-corrected chi connectivity index (χ3v) is 6.20. The van der Waals surface area contributed by atoms with Gasteiger partial charge in [0.2, 0.25) is 5.89 Å². The average molecular weight is 402 g/mol. The van der Waals surface area contributed by atoms with Crippen LogP contribution in [0.3, 0.4) is 0 Å². The summed E-state index contributed by atoms with van der Waals surface area (Å²) in [6.07, 6.45) is 1.17. The second kappa shape index (κ2) is 7.47. The molecule has 0 bridgehead atoms. The van der Waals surface area contributed by atoms with Crippen molar-refractivity contribution in [3.63, 3.8) is 0 Å². The van der Waals surface area contributed by atoms with Crippen LogP contribution in [0.25, 0.3) is 22.8 Å². The molecule has 0 spiro atoms. The lowest BCUT2D eigenvalue weighted by Crippen LogP contribution is -2.13. The number of aromatic nitrogens is 4. The van der Waals surface area contributed by atoms with Crippen molar-refractivity contribution in [2.45, 2.75) is 37.3 Å². The highest BCUT2D eigenvalue weighted by molar-refractivity contribution is 7.92. The number of benzene rings is 1. The summed E-state index contributed by atoms with van der Waals surface area (Å²) in [5.41, 5.74) is 2.03. The summed E-state index contributed by atoms with van der Waals surface area (Å²) in [7, 11) is -3.36. The fourth-order valence-electron chi connectivity index (χ4n) is 2.43. The van der Waals surface area contributed by atoms with Gasteiger partial charge in [0.25, 0.3) is 5.89 Å². The molecular formula is C18H18N4O5S. The minimum Gasteiger partial charge on any atom is -0.481 e. The van der Waals surface area contributed by atoms with Crippen LogP contribution in [-0.2, 0) is 21.1 Å². The molecule has 0 aliphatic heterocycles.